The molecule has 0 spiro atoms. The van der Waals surface area contributed by atoms with E-state index in [-0.39, 0.29) is 0 Å². The number of hydrogen-bond acceptors (Lipinski definition) is 3. The lowest BCUT2D eigenvalue weighted by molar-refractivity contribution is 0.101. The van der Waals surface area contributed by atoms with Crippen molar-refractivity contribution in [1.29, 1.82) is 0 Å². The molecule has 0 unspecified atom stereocenters. The molecule has 0 N–H and O–H groups in total. The highest BCUT2D eigenvalue weighted by molar-refractivity contribution is 7.88. The van der Waals surface area contributed by atoms with Gasteiger partial charge in [-0.2, -0.15) is 0 Å². The molecule has 114 valence electrons. The van der Waals surface area contributed by atoms with Gasteiger partial charge in [0.25, 0.3) is 0 Å². The molecule has 2 rings (SSSR count). The van der Waals surface area contributed by atoms with Gasteiger partial charge in [0, 0.05) is 19.1 Å². The molecule has 0 amide bonds. The van der Waals surface area contributed by atoms with Crippen molar-refractivity contribution in [3.63, 3.8) is 0 Å². The molecule has 0 aromatic heterocycles. The van der Waals surface area contributed by atoms with Crippen LogP contribution in [0.1, 0.15) is 46.5 Å². The summed E-state index contributed by atoms with van der Waals surface area (Å²) >= 11 is 0. The van der Waals surface area contributed by atoms with E-state index in [4.69, 9.17) is 0 Å². The van der Waals surface area contributed by atoms with Gasteiger partial charge in [-0.25, -0.2) is 12.7 Å². The zero-order chi connectivity index (χ0) is 14.5. The number of rotatable bonds is 2. The number of hydrogen-bond donors (Lipinski definition) is 0. The summed E-state index contributed by atoms with van der Waals surface area (Å²) in [5.74, 6) is 0.863. The maximum atomic E-state index is 11.4. The molecule has 5 heteroatoms. The lowest BCUT2D eigenvalue weighted by atomic mass is 9.95. The Morgan fingerprint density at radius 3 is 1.79 bits per heavy atom. The van der Waals surface area contributed by atoms with Crippen LogP contribution in [0.5, 0.6) is 0 Å². The van der Waals surface area contributed by atoms with Crippen LogP contribution < -0.4 is 0 Å². The summed E-state index contributed by atoms with van der Waals surface area (Å²) in [6.07, 6.45) is 5.91. The van der Waals surface area contributed by atoms with Crippen molar-refractivity contribution < 1.29 is 8.42 Å². The summed E-state index contributed by atoms with van der Waals surface area (Å²) in [6.45, 7) is 10.1. The van der Waals surface area contributed by atoms with Gasteiger partial charge in [-0.1, -0.05) is 20.8 Å². The fraction of sp³-hybridized carbons (Fsp3) is 1.00. The Morgan fingerprint density at radius 2 is 1.37 bits per heavy atom. The smallest absolute Gasteiger partial charge is 0.211 e. The number of piperidine rings is 2. The van der Waals surface area contributed by atoms with E-state index < -0.39 is 10.0 Å². The Labute approximate surface area is 119 Å². The highest BCUT2D eigenvalue weighted by Gasteiger charge is 2.29. The molecule has 2 fully saturated rings. The highest BCUT2D eigenvalue weighted by atomic mass is 32.2. The molecule has 0 atom stereocenters. The maximum absolute atomic E-state index is 11.4. The highest BCUT2D eigenvalue weighted by Crippen LogP contribution is 2.24. The maximum Gasteiger partial charge on any atom is 0.211 e. The van der Waals surface area contributed by atoms with Crippen LogP contribution in [-0.2, 0) is 10.0 Å². The Morgan fingerprint density at radius 1 is 0.895 bits per heavy atom. The van der Waals surface area contributed by atoms with Crippen molar-refractivity contribution in [2.24, 2.45) is 5.92 Å². The monoisotopic (exact) mass is 290 g/mol. The Hall–Kier alpha value is -0.130. The minimum atomic E-state index is -2.97. The molecule has 0 aliphatic carbocycles. The molecule has 2 aliphatic heterocycles. The number of sulfonamides is 1. The summed E-state index contributed by atoms with van der Waals surface area (Å²) in [4.78, 5) is 2.57. The minimum Gasteiger partial charge on any atom is -0.300 e. The van der Waals surface area contributed by atoms with E-state index in [2.05, 4.69) is 11.8 Å². The predicted octanol–water partition coefficient (Wildman–Crippen LogP) is 2.17. The molecule has 2 heterocycles. The molecule has 0 aromatic rings. The van der Waals surface area contributed by atoms with Crippen LogP contribution in [0.4, 0.5) is 0 Å². The lowest BCUT2D eigenvalue weighted by Gasteiger charge is -2.40. The molecule has 0 saturated carbocycles. The molecule has 4 nitrogen and oxygen atoms in total. The first-order valence-electron chi connectivity index (χ1n) is 7.66. The molecule has 0 radical (unpaired) electrons. The second-order valence-corrected chi connectivity index (χ2v) is 7.59. The van der Waals surface area contributed by atoms with Gasteiger partial charge < -0.3 is 4.90 Å². The number of likely N-dealkylation sites (tertiary alicyclic amines) is 1. The zero-order valence-corrected chi connectivity index (χ0v) is 13.7. The van der Waals surface area contributed by atoms with Gasteiger partial charge >= 0.3 is 0 Å². The van der Waals surface area contributed by atoms with Gasteiger partial charge in [0.15, 0.2) is 0 Å². The third-order valence-corrected chi connectivity index (χ3v) is 5.53. The quantitative estimate of drug-likeness (QED) is 0.782. The van der Waals surface area contributed by atoms with Gasteiger partial charge in [0.05, 0.1) is 6.26 Å². The van der Waals surface area contributed by atoms with Gasteiger partial charge in [0.2, 0.25) is 10.0 Å². The summed E-state index contributed by atoms with van der Waals surface area (Å²) in [5.41, 5.74) is 0. The van der Waals surface area contributed by atoms with Crippen LogP contribution in [0, 0.1) is 5.92 Å². The average molecular weight is 290 g/mol. The molecule has 2 aliphatic rings. The van der Waals surface area contributed by atoms with E-state index in [9.17, 15) is 8.42 Å². The van der Waals surface area contributed by atoms with E-state index in [0.29, 0.717) is 19.1 Å². The zero-order valence-electron chi connectivity index (χ0n) is 12.9. The fourth-order valence-electron chi connectivity index (χ4n) is 2.93. The van der Waals surface area contributed by atoms with Crippen LogP contribution in [-0.4, -0.2) is 56.1 Å². The predicted molar refractivity (Wildman–Crippen MR) is 80.8 cm³/mol. The first kappa shape index (κ1) is 16.9. The largest absolute Gasteiger partial charge is 0.300 e. The van der Waals surface area contributed by atoms with Gasteiger partial charge in [-0.3, -0.25) is 0 Å². The van der Waals surface area contributed by atoms with Gasteiger partial charge in [-0.15, -0.1) is 0 Å². The van der Waals surface area contributed by atoms with Crippen molar-refractivity contribution in [2.45, 2.75) is 52.5 Å². The average Bonchev–Trinajstić information content (AvgIpc) is 2.41. The second kappa shape index (κ2) is 7.60. The summed E-state index contributed by atoms with van der Waals surface area (Å²) in [5, 5.41) is 0. The third kappa shape index (κ3) is 5.04. The first-order chi connectivity index (χ1) is 8.97. The summed E-state index contributed by atoms with van der Waals surface area (Å²) < 4.78 is 24.5. The van der Waals surface area contributed by atoms with E-state index >= 15 is 0 Å². The first-order valence-corrected chi connectivity index (χ1v) is 9.51. The van der Waals surface area contributed by atoms with Crippen LogP contribution in [0.3, 0.4) is 0 Å². The lowest BCUT2D eigenvalue weighted by Crippen LogP contribution is -2.48. The van der Waals surface area contributed by atoms with Crippen molar-refractivity contribution in [1.82, 2.24) is 9.21 Å². The van der Waals surface area contributed by atoms with Crippen LogP contribution in [0.2, 0.25) is 0 Å². The molecule has 0 bridgehead atoms. The summed E-state index contributed by atoms with van der Waals surface area (Å²) in [7, 11) is -2.97. The van der Waals surface area contributed by atoms with Crippen molar-refractivity contribution in [3.8, 4) is 0 Å². The van der Waals surface area contributed by atoms with E-state index in [0.717, 1.165) is 18.8 Å². The van der Waals surface area contributed by atoms with Crippen molar-refractivity contribution >= 4 is 10.0 Å². The van der Waals surface area contributed by atoms with Crippen molar-refractivity contribution in [2.75, 3.05) is 32.4 Å². The molecular formula is C14H30N2O2S. The second-order valence-electron chi connectivity index (χ2n) is 5.61. The molecule has 19 heavy (non-hydrogen) atoms. The Kier molecular flexibility index (Phi) is 6.77. The van der Waals surface area contributed by atoms with E-state index in [1.165, 1.54) is 32.2 Å². The SMILES string of the molecule is CC.CC1CCN(C2CCN(S(C)(=O)=O)CC2)CC1. The third-order valence-electron chi connectivity index (χ3n) is 4.23. The van der Waals surface area contributed by atoms with Crippen LogP contribution in [0.25, 0.3) is 0 Å². The number of nitrogens with zero attached hydrogens (tertiary/aromatic N) is 2. The standard InChI is InChI=1S/C12H24N2O2S.C2H6/c1-11-3-7-13(8-4-11)12-5-9-14(10-6-12)17(2,15)16;1-2/h11-12H,3-10H2,1-2H3;1-2H3. The minimum absolute atomic E-state index is 0.612. The van der Waals surface area contributed by atoms with Gasteiger partial charge in [0.1, 0.15) is 0 Å². The molecule has 2 saturated heterocycles. The van der Waals surface area contributed by atoms with E-state index in [1.54, 1.807) is 4.31 Å². The Balaban J connectivity index is 0.000000861. The Bertz CT molecular complexity index is 340. The van der Waals surface area contributed by atoms with Crippen LogP contribution in [0.15, 0.2) is 0 Å². The topological polar surface area (TPSA) is 40.6 Å². The van der Waals surface area contributed by atoms with Crippen LogP contribution >= 0.6 is 0 Å². The molecule has 0 aromatic carbocycles. The summed E-state index contributed by atoms with van der Waals surface area (Å²) in [6, 6.07) is 0.612. The van der Waals surface area contributed by atoms with E-state index in [1.807, 2.05) is 13.8 Å². The molecular weight excluding hydrogens is 260 g/mol. The fourth-order valence-corrected chi connectivity index (χ4v) is 3.81. The normalized spacial score (nSPS) is 24.8. The van der Waals surface area contributed by atoms with Gasteiger partial charge in [-0.05, 0) is 44.7 Å². The van der Waals surface area contributed by atoms with Crippen molar-refractivity contribution in [3.05, 3.63) is 0 Å².